The minimum absolute atomic E-state index is 0.0484. The number of ether oxygens (including phenoxy) is 1. The summed E-state index contributed by atoms with van der Waals surface area (Å²) in [4.78, 5) is 26.8. The van der Waals surface area contributed by atoms with Gasteiger partial charge in [0.1, 0.15) is 22.4 Å². The molecule has 2 amide bonds. The zero-order valence-electron chi connectivity index (χ0n) is 23.5. The highest BCUT2D eigenvalue weighted by molar-refractivity contribution is 7.89. The van der Waals surface area contributed by atoms with E-state index in [-0.39, 0.29) is 59.8 Å². The summed E-state index contributed by atoms with van der Waals surface area (Å²) in [6.07, 6.45) is -7.46. The van der Waals surface area contributed by atoms with Gasteiger partial charge in [0.05, 0.1) is 32.0 Å². The molecule has 2 aromatic rings. The molecule has 0 spiro atoms. The summed E-state index contributed by atoms with van der Waals surface area (Å²) in [7, 11) is -2.63. The van der Waals surface area contributed by atoms with Crippen LogP contribution in [0.25, 0.3) is 0 Å². The van der Waals surface area contributed by atoms with Crippen molar-refractivity contribution in [2.45, 2.75) is 70.2 Å². The molecule has 41 heavy (non-hydrogen) atoms. The first-order valence-corrected chi connectivity index (χ1v) is 14.4. The largest absolute Gasteiger partial charge is 0.488 e. The maximum absolute atomic E-state index is 13.4. The summed E-state index contributed by atoms with van der Waals surface area (Å²) >= 11 is 0. The van der Waals surface area contributed by atoms with Gasteiger partial charge in [0, 0.05) is 37.2 Å². The second kappa shape index (κ2) is 12.8. The summed E-state index contributed by atoms with van der Waals surface area (Å²) in [5.74, 6) is -1.19. The van der Waals surface area contributed by atoms with Crippen LogP contribution in [0, 0.1) is 19.8 Å². The first-order valence-electron chi connectivity index (χ1n) is 13.0. The van der Waals surface area contributed by atoms with Gasteiger partial charge in [-0.05, 0) is 39.0 Å². The van der Waals surface area contributed by atoms with Gasteiger partial charge in [-0.1, -0.05) is 12.1 Å². The highest BCUT2D eigenvalue weighted by Crippen LogP contribution is 2.31. The van der Waals surface area contributed by atoms with Crippen LogP contribution in [0.3, 0.4) is 0 Å². The molecule has 1 aliphatic rings. The van der Waals surface area contributed by atoms with Crippen LogP contribution >= 0.6 is 0 Å². The second-order valence-electron chi connectivity index (χ2n) is 10.3. The summed E-state index contributed by atoms with van der Waals surface area (Å²) < 4.78 is 76.8. The van der Waals surface area contributed by atoms with Crippen molar-refractivity contribution in [1.82, 2.24) is 14.4 Å². The van der Waals surface area contributed by atoms with E-state index in [1.54, 1.807) is 13.8 Å². The first-order chi connectivity index (χ1) is 19.0. The first kappa shape index (κ1) is 32.3. The van der Waals surface area contributed by atoms with Crippen LogP contribution in [-0.2, 0) is 26.0 Å². The Morgan fingerprint density at radius 3 is 2.59 bits per heavy atom. The molecule has 0 saturated carbocycles. The van der Waals surface area contributed by atoms with Crippen LogP contribution in [0.15, 0.2) is 27.6 Å². The highest BCUT2D eigenvalue weighted by Gasteiger charge is 2.35. The van der Waals surface area contributed by atoms with Crippen LogP contribution in [0.1, 0.15) is 43.7 Å². The van der Waals surface area contributed by atoms with Gasteiger partial charge in [-0.3, -0.25) is 9.59 Å². The lowest BCUT2D eigenvalue weighted by atomic mass is 10.0. The predicted octanol–water partition coefficient (Wildman–Crippen LogP) is 3.04. The topological polar surface area (TPSA) is 142 Å². The maximum atomic E-state index is 13.4. The number of carbonyl (C=O) groups is 2. The number of aromatic nitrogens is 1. The van der Waals surface area contributed by atoms with Crippen molar-refractivity contribution in [1.29, 1.82) is 0 Å². The standard InChI is InChI=1S/C26H35F3N4O7S/c1-15-12-33(16(2)14-34)24(36)11-19-10-20(30-23(35)8-9-26(27,28)29)6-7-21(19)39-22(15)13-32(5)41(37,38)25-17(3)31-40-18(25)4/h6-7,10,15-16,22,34H,8-9,11-14H2,1-5H3,(H,30,35)/t15-,16-,22-/m0/s1. The molecule has 11 nitrogen and oxygen atoms in total. The lowest BCUT2D eigenvalue weighted by molar-refractivity contribution is -0.142. The molecular weight excluding hydrogens is 569 g/mol. The SMILES string of the molecule is Cc1noc(C)c1S(=O)(=O)N(C)C[C@@H]1Oc2ccc(NC(=O)CCC(F)(F)F)cc2CC(=O)N([C@@H](C)CO)C[C@@H]1C. The van der Waals surface area contributed by atoms with Crippen molar-refractivity contribution in [3.63, 3.8) is 0 Å². The number of alkyl halides is 3. The van der Waals surface area contributed by atoms with E-state index < -0.39 is 53.0 Å². The van der Waals surface area contributed by atoms with Gasteiger partial charge in [-0.15, -0.1) is 0 Å². The number of anilines is 1. The molecule has 3 rings (SSSR count). The van der Waals surface area contributed by atoms with Crippen LogP contribution in [0.4, 0.5) is 18.9 Å². The zero-order valence-corrected chi connectivity index (χ0v) is 24.3. The van der Waals surface area contributed by atoms with Gasteiger partial charge in [0.2, 0.25) is 21.8 Å². The number of likely N-dealkylation sites (N-methyl/N-ethyl adjacent to an activating group) is 1. The molecule has 0 fully saturated rings. The number of nitrogens with zero attached hydrogens (tertiary/aromatic N) is 3. The summed E-state index contributed by atoms with van der Waals surface area (Å²) in [6.45, 7) is 6.21. The van der Waals surface area contributed by atoms with Crippen molar-refractivity contribution in [3.05, 3.63) is 35.2 Å². The number of amides is 2. The lowest BCUT2D eigenvalue weighted by Crippen LogP contribution is -2.48. The average molecular weight is 605 g/mol. The fraction of sp³-hybridized carbons (Fsp3) is 0.577. The molecule has 0 aliphatic carbocycles. The molecule has 15 heteroatoms. The third kappa shape index (κ3) is 7.98. The van der Waals surface area contributed by atoms with Crippen molar-refractivity contribution in [2.24, 2.45) is 5.92 Å². The molecule has 1 aliphatic heterocycles. The minimum atomic E-state index is -4.48. The van der Waals surface area contributed by atoms with Gasteiger partial charge in [-0.2, -0.15) is 17.5 Å². The number of nitrogens with one attached hydrogen (secondary N) is 1. The molecule has 0 radical (unpaired) electrons. The third-order valence-electron chi connectivity index (χ3n) is 6.91. The Labute approximate surface area is 236 Å². The Kier molecular flexibility index (Phi) is 10.1. The van der Waals surface area contributed by atoms with Gasteiger partial charge < -0.3 is 24.6 Å². The molecule has 0 bridgehead atoms. The number of halogens is 3. The van der Waals surface area contributed by atoms with E-state index in [0.717, 1.165) is 4.31 Å². The smallest absolute Gasteiger partial charge is 0.389 e. The molecule has 2 N–H and O–H groups in total. The number of benzene rings is 1. The lowest BCUT2D eigenvalue weighted by Gasteiger charge is -2.33. The second-order valence-corrected chi connectivity index (χ2v) is 12.3. The average Bonchev–Trinajstić information content (AvgIpc) is 3.25. The monoisotopic (exact) mass is 604 g/mol. The van der Waals surface area contributed by atoms with Gasteiger partial charge >= 0.3 is 6.18 Å². The molecule has 228 valence electrons. The van der Waals surface area contributed by atoms with E-state index >= 15 is 0 Å². The Morgan fingerprint density at radius 2 is 2.00 bits per heavy atom. The van der Waals surface area contributed by atoms with Crippen molar-refractivity contribution >= 4 is 27.5 Å². The summed E-state index contributed by atoms with van der Waals surface area (Å²) in [6, 6.07) is 3.81. The minimum Gasteiger partial charge on any atom is -0.488 e. The van der Waals surface area contributed by atoms with Crippen molar-refractivity contribution < 1.29 is 45.5 Å². The number of sulfonamides is 1. The summed E-state index contributed by atoms with van der Waals surface area (Å²) in [5.41, 5.74) is 0.728. The molecular formula is C26H35F3N4O7S. The normalized spacial score (nSPS) is 19.2. The Morgan fingerprint density at radius 1 is 1.32 bits per heavy atom. The Balaban J connectivity index is 1.94. The quantitative estimate of drug-likeness (QED) is 0.445. The van der Waals surface area contributed by atoms with Crippen LogP contribution < -0.4 is 10.1 Å². The number of rotatable bonds is 9. The molecule has 0 saturated heterocycles. The Bertz CT molecular complexity index is 1340. The molecule has 1 aromatic carbocycles. The fourth-order valence-electron chi connectivity index (χ4n) is 4.55. The Hall–Kier alpha value is -3.17. The van der Waals surface area contributed by atoms with Crippen molar-refractivity contribution in [3.8, 4) is 5.75 Å². The predicted molar refractivity (Wildman–Crippen MR) is 142 cm³/mol. The van der Waals surface area contributed by atoms with E-state index in [1.165, 1.54) is 44.0 Å². The maximum Gasteiger partial charge on any atom is 0.389 e. The van der Waals surface area contributed by atoms with Crippen LogP contribution in [-0.4, -0.2) is 84.8 Å². The van der Waals surface area contributed by atoms with Gasteiger partial charge in [-0.25, -0.2) is 8.42 Å². The molecule has 1 aromatic heterocycles. The molecule has 3 atom stereocenters. The van der Waals surface area contributed by atoms with E-state index in [0.29, 0.717) is 5.56 Å². The fourth-order valence-corrected chi connectivity index (χ4v) is 6.02. The van der Waals surface area contributed by atoms with E-state index in [1.807, 2.05) is 0 Å². The van der Waals surface area contributed by atoms with Crippen LogP contribution in [0.2, 0.25) is 0 Å². The number of aryl methyl sites for hydroxylation is 2. The summed E-state index contributed by atoms with van der Waals surface area (Å²) in [5, 5.41) is 15.9. The van der Waals surface area contributed by atoms with E-state index in [2.05, 4.69) is 10.5 Å². The molecule has 2 heterocycles. The number of carbonyl (C=O) groups excluding carboxylic acids is 2. The number of aliphatic hydroxyl groups is 1. The molecule has 0 unspecified atom stereocenters. The van der Waals surface area contributed by atoms with Crippen LogP contribution in [0.5, 0.6) is 5.75 Å². The third-order valence-corrected chi connectivity index (χ3v) is 8.98. The zero-order chi connectivity index (χ0) is 30.7. The van der Waals surface area contributed by atoms with Gasteiger partial charge in [0.15, 0.2) is 5.76 Å². The van der Waals surface area contributed by atoms with E-state index in [9.17, 15) is 36.3 Å². The number of hydrogen-bond donors (Lipinski definition) is 2. The number of hydrogen-bond acceptors (Lipinski definition) is 8. The van der Waals surface area contributed by atoms with Crippen molar-refractivity contribution in [2.75, 3.05) is 32.1 Å². The number of aliphatic hydroxyl groups excluding tert-OH is 1. The number of fused-ring (bicyclic) bond motifs is 1. The van der Waals surface area contributed by atoms with E-state index in [4.69, 9.17) is 9.26 Å². The van der Waals surface area contributed by atoms with Gasteiger partial charge in [0.25, 0.3) is 0 Å². The highest BCUT2D eigenvalue weighted by atomic mass is 32.2.